The van der Waals surface area contributed by atoms with E-state index in [1.807, 2.05) is 12.1 Å². The molecule has 0 bridgehead atoms. The quantitative estimate of drug-likeness (QED) is 0.256. The van der Waals surface area contributed by atoms with Crippen LogP contribution < -0.4 is 25.6 Å². The van der Waals surface area contributed by atoms with E-state index in [4.69, 9.17) is 10.5 Å². The van der Waals surface area contributed by atoms with Crippen LogP contribution in [-0.2, 0) is 14.4 Å². The van der Waals surface area contributed by atoms with Gasteiger partial charge in [-0.05, 0) is 67.9 Å². The standard InChI is InChI=1S/C36H39N9O5/c37-35-30(18-27(40-41-35)26-4-1-2-7-31(26)46)45-20-24(19-38-45)43-15-14-42(21-33(43)48)23-10-8-22(9-11-23)25-5-3-6-28-34(25)50-17-16-44(28)29-12-13-32(47)39-36(29)49/h1-7,18-20,22-23,29,46H,8-17,21H2,(H2,37,41)(H,39,47,49)/t22?,23?,29-/m0/s1. The molecule has 2 aromatic heterocycles. The lowest BCUT2D eigenvalue weighted by molar-refractivity contribution is -0.134. The fourth-order valence-corrected chi connectivity index (χ4v) is 7.93. The van der Waals surface area contributed by atoms with E-state index in [-0.39, 0.29) is 35.3 Å². The molecule has 4 aliphatic rings. The molecule has 50 heavy (non-hydrogen) atoms. The minimum Gasteiger partial charge on any atom is -0.507 e. The van der Waals surface area contributed by atoms with Crippen molar-refractivity contribution < 1.29 is 24.2 Å². The predicted molar refractivity (Wildman–Crippen MR) is 185 cm³/mol. The Morgan fingerprint density at radius 3 is 2.56 bits per heavy atom. The molecule has 1 aliphatic carbocycles. The summed E-state index contributed by atoms with van der Waals surface area (Å²) in [6, 6.07) is 14.7. The first kappa shape index (κ1) is 31.7. The third-order valence-corrected chi connectivity index (χ3v) is 10.5. The number of piperidine rings is 1. The van der Waals surface area contributed by atoms with Crippen molar-refractivity contribution in [3.63, 3.8) is 0 Å². The molecule has 0 unspecified atom stereocenters. The molecule has 8 rings (SSSR count). The number of piperazine rings is 1. The molecular weight excluding hydrogens is 638 g/mol. The van der Waals surface area contributed by atoms with Crippen molar-refractivity contribution in [1.82, 2.24) is 30.2 Å². The Kier molecular flexibility index (Phi) is 8.31. The number of carbonyl (C=O) groups excluding carboxylic acids is 3. The van der Waals surface area contributed by atoms with Crippen LogP contribution in [0.1, 0.15) is 50.0 Å². The highest BCUT2D eigenvalue weighted by atomic mass is 16.5. The van der Waals surface area contributed by atoms with Gasteiger partial charge >= 0.3 is 0 Å². The maximum atomic E-state index is 13.5. The van der Waals surface area contributed by atoms with Crippen LogP contribution in [0.4, 0.5) is 17.2 Å². The largest absolute Gasteiger partial charge is 0.507 e. The molecule has 1 saturated carbocycles. The average Bonchev–Trinajstić information content (AvgIpc) is 3.62. The number of rotatable bonds is 6. The summed E-state index contributed by atoms with van der Waals surface area (Å²) in [5.41, 5.74) is 10.4. The minimum atomic E-state index is -0.374. The Balaban J connectivity index is 0.905. The first-order valence-corrected chi connectivity index (χ1v) is 17.2. The molecule has 5 heterocycles. The van der Waals surface area contributed by atoms with Crippen molar-refractivity contribution in [1.29, 1.82) is 0 Å². The Bertz CT molecular complexity index is 1960. The number of benzene rings is 2. The summed E-state index contributed by atoms with van der Waals surface area (Å²) in [4.78, 5) is 44.1. The summed E-state index contributed by atoms with van der Waals surface area (Å²) in [6.45, 7) is 2.74. The number of aromatic hydroxyl groups is 1. The average molecular weight is 678 g/mol. The van der Waals surface area contributed by atoms with Crippen LogP contribution in [-0.4, -0.2) is 92.6 Å². The molecule has 3 amide bonds. The lowest BCUT2D eigenvalue weighted by atomic mass is 9.80. The molecule has 14 nitrogen and oxygen atoms in total. The first-order valence-electron chi connectivity index (χ1n) is 17.2. The van der Waals surface area contributed by atoms with Crippen molar-refractivity contribution >= 4 is 34.9 Å². The number of phenols is 1. The number of nitrogens with zero attached hydrogens (tertiary/aromatic N) is 7. The normalized spacial score (nSPS) is 23.0. The Morgan fingerprint density at radius 2 is 1.76 bits per heavy atom. The summed E-state index contributed by atoms with van der Waals surface area (Å²) in [7, 11) is 0. The number of ether oxygens (including phenoxy) is 1. The number of anilines is 3. The van der Waals surface area contributed by atoms with Gasteiger partial charge in [0, 0.05) is 31.1 Å². The Hall–Kier alpha value is -5.50. The highest BCUT2D eigenvalue weighted by Crippen LogP contribution is 2.45. The number of nitrogen functional groups attached to an aromatic ring is 1. The third-order valence-electron chi connectivity index (χ3n) is 10.5. The zero-order valence-corrected chi connectivity index (χ0v) is 27.6. The molecule has 3 fully saturated rings. The number of nitrogens with two attached hydrogens (primary N) is 1. The van der Waals surface area contributed by atoms with E-state index in [9.17, 15) is 19.5 Å². The van der Waals surface area contributed by atoms with Crippen LogP contribution in [0.2, 0.25) is 0 Å². The number of carbonyl (C=O) groups is 3. The summed E-state index contributed by atoms with van der Waals surface area (Å²) in [5.74, 6) is 1.02. The monoisotopic (exact) mass is 677 g/mol. The fourth-order valence-electron chi connectivity index (χ4n) is 7.93. The molecule has 0 radical (unpaired) electrons. The van der Waals surface area contributed by atoms with Gasteiger partial charge in [-0.25, -0.2) is 4.68 Å². The van der Waals surface area contributed by atoms with E-state index in [2.05, 4.69) is 36.5 Å². The summed E-state index contributed by atoms with van der Waals surface area (Å²) in [6.07, 6.45) is 8.18. The lowest BCUT2D eigenvalue weighted by Gasteiger charge is -2.42. The van der Waals surface area contributed by atoms with Crippen molar-refractivity contribution in [2.75, 3.05) is 48.3 Å². The van der Waals surface area contributed by atoms with Crippen LogP contribution >= 0.6 is 0 Å². The van der Waals surface area contributed by atoms with Gasteiger partial charge in [0.1, 0.15) is 29.8 Å². The second-order valence-corrected chi connectivity index (χ2v) is 13.4. The molecule has 1 atom stereocenters. The van der Waals surface area contributed by atoms with Crippen LogP contribution in [0.25, 0.3) is 16.9 Å². The molecule has 4 aromatic rings. The van der Waals surface area contributed by atoms with E-state index < -0.39 is 0 Å². The number of amides is 3. The topological polar surface area (TPSA) is 172 Å². The fraction of sp³-hybridized carbons (Fsp3) is 0.389. The van der Waals surface area contributed by atoms with E-state index in [1.165, 1.54) is 5.56 Å². The molecule has 2 aromatic carbocycles. The van der Waals surface area contributed by atoms with Gasteiger partial charge in [-0.15, -0.1) is 10.2 Å². The summed E-state index contributed by atoms with van der Waals surface area (Å²) >= 11 is 0. The molecule has 258 valence electrons. The smallest absolute Gasteiger partial charge is 0.249 e. The number of para-hydroxylation sites is 2. The second kappa shape index (κ2) is 13.1. The first-order chi connectivity index (χ1) is 24.3. The third kappa shape index (κ3) is 5.89. The van der Waals surface area contributed by atoms with Crippen LogP contribution in [0.5, 0.6) is 11.5 Å². The van der Waals surface area contributed by atoms with E-state index >= 15 is 0 Å². The van der Waals surface area contributed by atoms with Gasteiger partial charge in [-0.1, -0.05) is 24.3 Å². The van der Waals surface area contributed by atoms with Gasteiger partial charge in [0.2, 0.25) is 17.7 Å². The van der Waals surface area contributed by atoms with Crippen LogP contribution in [0, 0.1) is 0 Å². The van der Waals surface area contributed by atoms with Gasteiger partial charge in [0.15, 0.2) is 5.82 Å². The molecule has 3 aliphatic heterocycles. The van der Waals surface area contributed by atoms with Gasteiger partial charge in [-0.3, -0.25) is 24.6 Å². The zero-order chi connectivity index (χ0) is 34.4. The van der Waals surface area contributed by atoms with E-state index in [1.54, 1.807) is 52.3 Å². The number of imide groups is 1. The van der Waals surface area contributed by atoms with Crippen LogP contribution in [0.3, 0.4) is 0 Å². The van der Waals surface area contributed by atoms with E-state index in [0.29, 0.717) is 73.7 Å². The number of hydrogen-bond acceptors (Lipinski definition) is 11. The lowest BCUT2D eigenvalue weighted by Crippen LogP contribution is -2.54. The second-order valence-electron chi connectivity index (χ2n) is 13.4. The Labute approximate surface area is 288 Å². The van der Waals surface area contributed by atoms with Gasteiger partial charge < -0.3 is 25.4 Å². The minimum absolute atomic E-state index is 0.0210. The molecular formula is C36H39N9O5. The molecule has 0 spiro atoms. The van der Waals surface area contributed by atoms with Gasteiger partial charge in [-0.2, -0.15) is 5.10 Å². The number of aromatic nitrogens is 4. The molecule has 14 heteroatoms. The maximum Gasteiger partial charge on any atom is 0.249 e. The van der Waals surface area contributed by atoms with Crippen molar-refractivity contribution in [3.8, 4) is 28.4 Å². The number of nitrogens with one attached hydrogen (secondary N) is 1. The number of phenolic OH excluding ortho intramolecular Hbond substituents is 1. The van der Waals surface area contributed by atoms with Crippen molar-refractivity contribution in [2.24, 2.45) is 0 Å². The molecule has 4 N–H and O–H groups in total. The van der Waals surface area contributed by atoms with Crippen LogP contribution in [0.15, 0.2) is 60.9 Å². The highest BCUT2D eigenvalue weighted by Gasteiger charge is 2.37. The maximum absolute atomic E-state index is 13.5. The zero-order valence-electron chi connectivity index (χ0n) is 27.6. The van der Waals surface area contributed by atoms with Crippen molar-refractivity contribution in [2.45, 2.75) is 56.5 Å². The molecule has 2 saturated heterocycles. The van der Waals surface area contributed by atoms with Gasteiger partial charge in [0.25, 0.3) is 0 Å². The summed E-state index contributed by atoms with van der Waals surface area (Å²) in [5, 5.41) is 25.5. The SMILES string of the molecule is Nc1nnc(-c2ccccc2O)cc1-n1cc(N2CCN(C3CCC(c4cccc5c4OCCN5[C@H]4CCC(=O)NC4=O)CC3)CC2=O)cn1. The van der Waals surface area contributed by atoms with E-state index in [0.717, 1.165) is 43.7 Å². The predicted octanol–water partition coefficient (Wildman–Crippen LogP) is 3.00. The van der Waals surface area contributed by atoms with Crippen molar-refractivity contribution in [3.05, 3.63) is 66.5 Å². The Morgan fingerprint density at radius 1 is 0.920 bits per heavy atom. The number of fused-ring (bicyclic) bond motifs is 1. The summed E-state index contributed by atoms with van der Waals surface area (Å²) < 4.78 is 7.82. The van der Waals surface area contributed by atoms with Gasteiger partial charge in [0.05, 0.1) is 42.6 Å². The number of hydrogen-bond donors (Lipinski definition) is 3. The highest BCUT2D eigenvalue weighted by molar-refractivity contribution is 6.02.